The molecule has 0 radical (unpaired) electrons. The third-order valence-corrected chi connectivity index (χ3v) is 5.72. The number of carbonyl (C=O) groups excluding carboxylic acids is 1. The van der Waals surface area contributed by atoms with Crippen LogP contribution in [0.2, 0.25) is 0 Å². The zero-order valence-corrected chi connectivity index (χ0v) is 21.5. The van der Waals surface area contributed by atoms with Crippen LogP contribution in [0.3, 0.4) is 0 Å². The van der Waals surface area contributed by atoms with Gasteiger partial charge in [0.1, 0.15) is 17.8 Å². The number of carbonyl (C=O) groups is 1. The van der Waals surface area contributed by atoms with Crippen LogP contribution in [0.4, 0.5) is 13.2 Å². The molecule has 0 saturated heterocycles. The van der Waals surface area contributed by atoms with Gasteiger partial charge in [0.15, 0.2) is 5.60 Å². The lowest BCUT2D eigenvalue weighted by molar-refractivity contribution is -0.274. The minimum Gasteiger partial charge on any atom is -0.476 e. The Bertz CT molecular complexity index is 1290. The maximum Gasteiger partial charge on any atom is 0.573 e. The van der Waals surface area contributed by atoms with E-state index in [2.05, 4.69) is 9.84 Å². The Labute approximate surface area is 212 Å². The normalized spacial score (nSPS) is 12.8. The quantitative estimate of drug-likeness (QED) is 0.357. The Kier molecular flexibility index (Phi) is 8.04. The molecule has 37 heavy (non-hydrogen) atoms. The van der Waals surface area contributed by atoms with Crippen LogP contribution in [0, 0.1) is 13.8 Å². The molecular weight excluding hydrogens is 491 g/mol. The van der Waals surface area contributed by atoms with Gasteiger partial charge in [0.2, 0.25) is 0 Å². The van der Waals surface area contributed by atoms with Gasteiger partial charge in [0, 0.05) is 0 Å². The first kappa shape index (κ1) is 27.8. The van der Waals surface area contributed by atoms with Gasteiger partial charge in [-0.3, -0.25) is 0 Å². The highest BCUT2D eigenvalue weighted by Gasteiger charge is 2.33. The van der Waals surface area contributed by atoms with Crippen molar-refractivity contribution in [3.8, 4) is 17.2 Å². The highest BCUT2D eigenvalue weighted by molar-refractivity contribution is 5.79. The number of esters is 1. The van der Waals surface area contributed by atoms with Crippen LogP contribution in [-0.2, 0) is 9.53 Å². The monoisotopic (exact) mass is 521 g/mol. The molecule has 11 heteroatoms. The van der Waals surface area contributed by atoms with Crippen LogP contribution in [0.15, 0.2) is 47.5 Å². The van der Waals surface area contributed by atoms with Crippen molar-refractivity contribution in [2.45, 2.75) is 66.0 Å². The summed E-state index contributed by atoms with van der Waals surface area (Å²) in [5.74, 6) is -0.308. The molecule has 0 aliphatic carbocycles. The number of alkyl halides is 3. The summed E-state index contributed by atoms with van der Waals surface area (Å²) in [6.07, 6.45) is -2.94. The van der Waals surface area contributed by atoms with Crippen LogP contribution in [-0.4, -0.2) is 38.9 Å². The standard InChI is InChI=1S/C26H30F3N3O5/c1-7-21(18-13-16(3)22(17(4)14-18)37-25(5,6)23(33)35-8-2)32-24(34)31(15-30-32)19-9-11-20(12-10-19)36-26(27,28)29/h9-15,21H,7-8H2,1-6H3. The van der Waals surface area contributed by atoms with E-state index in [0.29, 0.717) is 17.9 Å². The summed E-state index contributed by atoms with van der Waals surface area (Å²) < 4.78 is 54.9. The fourth-order valence-electron chi connectivity index (χ4n) is 4.00. The van der Waals surface area contributed by atoms with E-state index in [-0.39, 0.29) is 12.4 Å². The van der Waals surface area contributed by atoms with Crippen molar-refractivity contribution in [2.24, 2.45) is 0 Å². The van der Waals surface area contributed by atoms with Crippen LogP contribution in [0.25, 0.3) is 5.69 Å². The van der Waals surface area contributed by atoms with E-state index in [1.54, 1.807) is 20.8 Å². The lowest BCUT2D eigenvalue weighted by Gasteiger charge is -2.27. The molecule has 2 aromatic carbocycles. The van der Waals surface area contributed by atoms with Gasteiger partial charge in [-0.05, 0) is 82.0 Å². The lowest BCUT2D eigenvalue weighted by atomic mass is 9.98. The summed E-state index contributed by atoms with van der Waals surface area (Å²) >= 11 is 0. The molecule has 0 fully saturated rings. The Morgan fingerprint density at radius 3 is 2.14 bits per heavy atom. The van der Waals surface area contributed by atoms with E-state index in [9.17, 15) is 22.8 Å². The summed E-state index contributed by atoms with van der Waals surface area (Å²) in [5, 5.41) is 4.27. The van der Waals surface area contributed by atoms with Crippen LogP contribution >= 0.6 is 0 Å². The molecule has 0 amide bonds. The molecule has 0 aliphatic rings. The molecular formula is C26H30F3N3O5. The topological polar surface area (TPSA) is 84.6 Å². The summed E-state index contributed by atoms with van der Waals surface area (Å²) in [6, 6.07) is 8.31. The summed E-state index contributed by atoms with van der Waals surface area (Å²) in [4.78, 5) is 25.5. The van der Waals surface area contributed by atoms with Crippen LogP contribution in [0.1, 0.15) is 56.8 Å². The fourth-order valence-corrected chi connectivity index (χ4v) is 4.00. The average Bonchev–Trinajstić information content (AvgIpc) is 3.17. The van der Waals surface area contributed by atoms with Gasteiger partial charge < -0.3 is 14.2 Å². The van der Waals surface area contributed by atoms with Gasteiger partial charge in [0.25, 0.3) is 0 Å². The Morgan fingerprint density at radius 2 is 1.62 bits per heavy atom. The minimum absolute atomic E-state index is 0.244. The van der Waals surface area contributed by atoms with Gasteiger partial charge >= 0.3 is 18.0 Å². The predicted octanol–water partition coefficient (Wildman–Crippen LogP) is 5.27. The van der Waals surface area contributed by atoms with E-state index >= 15 is 0 Å². The summed E-state index contributed by atoms with van der Waals surface area (Å²) in [6.45, 7) is 10.9. The maximum absolute atomic E-state index is 13.2. The van der Waals surface area contributed by atoms with Crippen molar-refractivity contribution >= 4 is 5.97 Å². The number of aromatic nitrogens is 3. The molecule has 3 rings (SSSR count). The van der Waals surface area contributed by atoms with Crippen molar-refractivity contribution in [1.82, 2.24) is 14.3 Å². The highest BCUT2D eigenvalue weighted by Crippen LogP contribution is 2.32. The van der Waals surface area contributed by atoms with Gasteiger partial charge in [0.05, 0.1) is 18.3 Å². The first-order valence-electron chi connectivity index (χ1n) is 11.8. The predicted molar refractivity (Wildman–Crippen MR) is 130 cm³/mol. The first-order chi connectivity index (χ1) is 17.3. The second-order valence-corrected chi connectivity index (χ2v) is 9.01. The molecule has 0 aliphatic heterocycles. The smallest absolute Gasteiger partial charge is 0.476 e. The number of ether oxygens (including phenoxy) is 3. The first-order valence-corrected chi connectivity index (χ1v) is 11.8. The fraction of sp³-hybridized carbons (Fsp3) is 0.423. The van der Waals surface area contributed by atoms with Gasteiger partial charge in [-0.25, -0.2) is 18.8 Å². The third-order valence-electron chi connectivity index (χ3n) is 5.72. The van der Waals surface area contributed by atoms with Crippen molar-refractivity contribution in [3.05, 3.63) is 69.9 Å². The molecule has 1 heterocycles. The van der Waals surface area contributed by atoms with Gasteiger partial charge in [-0.2, -0.15) is 5.10 Å². The number of hydrogen-bond donors (Lipinski definition) is 0. The molecule has 1 unspecified atom stereocenters. The largest absolute Gasteiger partial charge is 0.573 e. The van der Waals surface area contributed by atoms with Gasteiger partial charge in [-0.15, -0.1) is 13.2 Å². The van der Waals surface area contributed by atoms with Crippen molar-refractivity contribution < 1.29 is 32.2 Å². The molecule has 1 atom stereocenters. The molecule has 0 saturated carbocycles. The van der Waals surface area contributed by atoms with Crippen molar-refractivity contribution in [2.75, 3.05) is 6.61 Å². The van der Waals surface area contributed by atoms with E-state index < -0.39 is 29.7 Å². The second-order valence-electron chi connectivity index (χ2n) is 9.01. The number of rotatable bonds is 9. The Balaban J connectivity index is 1.90. The van der Waals surface area contributed by atoms with E-state index in [1.807, 2.05) is 32.9 Å². The Morgan fingerprint density at radius 1 is 1.03 bits per heavy atom. The number of halogens is 3. The zero-order valence-electron chi connectivity index (χ0n) is 21.5. The van der Waals surface area contributed by atoms with Crippen molar-refractivity contribution in [3.63, 3.8) is 0 Å². The molecule has 3 aromatic rings. The molecule has 0 spiro atoms. The number of nitrogens with zero attached hydrogens (tertiary/aromatic N) is 3. The maximum atomic E-state index is 13.2. The minimum atomic E-state index is -4.80. The summed E-state index contributed by atoms with van der Waals surface area (Å²) in [7, 11) is 0. The van der Waals surface area contributed by atoms with Gasteiger partial charge in [-0.1, -0.05) is 19.1 Å². The number of hydrogen-bond acceptors (Lipinski definition) is 6. The van der Waals surface area contributed by atoms with E-state index in [1.165, 1.54) is 27.7 Å². The van der Waals surface area contributed by atoms with E-state index in [4.69, 9.17) is 9.47 Å². The molecule has 8 nitrogen and oxygen atoms in total. The second kappa shape index (κ2) is 10.7. The van der Waals surface area contributed by atoms with Crippen molar-refractivity contribution in [1.29, 1.82) is 0 Å². The average molecular weight is 522 g/mol. The molecule has 0 N–H and O–H groups in total. The van der Waals surface area contributed by atoms with E-state index in [0.717, 1.165) is 28.8 Å². The summed E-state index contributed by atoms with van der Waals surface area (Å²) in [5.41, 5.74) is 1.08. The van der Waals surface area contributed by atoms with Crippen LogP contribution < -0.4 is 15.2 Å². The molecule has 1 aromatic heterocycles. The lowest BCUT2D eigenvalue weighted by Crippen LogP contribution is -2.40. The number of aryl methyl sites for hydroxylation is 2. The SMILES string of the molecule is CCOC(=O)C(C)(C)Oc1c(C)cc(C(CC)n2ncn(-c3ccc(OC(F)(F)F)cc3)c2=O)cc1C. The molecule has 0 bridgehead atoms. The zero-order chi connectivity index (χ0) is 27.5. The Hall–Kier alpha value is -3.76. The number of benzene rings is 2. The third kappa shape index (κ3) is 6.33. The highest BCUT2D eigenvalue weighted by atomic mass is 19.4. The van der Waals surface area contributed by atoms with Crippen LogP contribution in [0.5, 0.6) is 11.5 Å². The molecule has 200 valence electrons.